The molecule has 144 valence electrons. The van der Waals surface area contributed by atoms with Crippen LogP contribution in [0.3, 0.4) is 0 Å². The maximum absolute atomic E-state index is 12.5. The van der Waals surface area contributed by atoms with Crippen molar-refractivity contribution in [2.45, 2.75) is 33.2 Å². The Balaban J connectivity index is 1.76. The van der Waals surface area contributed by atoms with E-state index in [4.69, 9.17) is 9.47 Å². The van der Waals surface area contributed by atoms with Crippen LogP contribution < -0.4 is 4.74 Å². The SMILES string of the molecule is CCOC(=O)C1CCN(CC(=O)N(C)Cc2ccc(OCC)cc2)CC1. The number of piperidine rings is 1. The fourth-order valence-electron chi connectivity index (χ4n) is 3.12. The van der Waals surface area contributed by atoms with E-state index in [-0.39, 0.29) is 17.8 Å². The molecular weight excluding hydrogens is 332 g/mol. The van der Waals surface area contributed by atoms with Crippen molar-refractivity contribution < 1.29 is 19.1 Å². The van der Waals surface area contributed by atoms with Crippen molar-refractivity contribution in [3.05, 3.63) is 29.8 Å². The predicted molar refractivity (Wildman–Crippen MR) is 99.9 cm³/mol. The molecule has 0 unspecified atom stereocenters. The second-order valence-corrected chi connectivity index (χ2v) is 6.63. The first kappa shape index (κ1) is 20.2. The van der Waals surface area contributed by atoms with Gasteiger partial charge >= 0.3 is 5.97 Å². The van der Waals surface area contributed by atoms with E-state index >= 15 is 0 Å². The number of ether oxygens (including phenoxy) is 2. The Labute approximate surface area is 156 Å². The molecule has 0 atom stereocenters. The van der Waals surface area contributed by atoms with Gasteiger partial charge in [-0.1, -0.05) is 12.1 Å². The Bertz CT molecular complexity index is 580. The highest BCUT2D eigenvalue weighted by Gasteiger charge is 2.27. The second-order valence-electron chi connectivity index (χ2n) is 6.63. The lowest BCUT2D eigenvalue weighted by Gasteiger charge is -2.31. The molecule has 1 fully saturated rings. The van der Waals surface area contributed by atoms with Gasteiger partial charge in [-0.3, -0.25) is 14.5 Å². The van der Waals surface area contributed by atoms with Gasteiger partial charge in [0.25, 0.3) is 0 Å². The average Bonchev–Trinajstić information content (AvgIpc) is 2.64. The summed E-state index contributed by atoms with van der Waals surface area (Å²) in [5, 5.41) is 0. The molecule has 0 radical (unpaired) electrons. The van der Waals surface area contributed by atoms with Crippen LogP contribution >= 0.6 is 0 Å². The molecule has 0 aromatic heterocycles. The lowest BCUT2D eigenvalue weighted by molar-refractivity contribution is -0.149. The molecule has 1 amide bonds. The summed E-state index contributed by atoms with van der Waals surface area (Å²) < 4.78 is 10.5. The van der Waals surface area contributed by atoms with E-state index in [2.05, 4.69) is 4.90 Å². The summed E-state index contributed by atoms with van der Waals surface area (Å²) in [5.41, 5.74) is 1.07. The fraction of sp³-hybridized carbons (Fsp3) is 0.600. The summed E-state index contributed by atoms with van der Waals surface area (Å²) >= 11 is 0. The predicted octanol–water partition coefficient (Wildman–Crippen LogP) is 2.32. The molecule has 0 N–H and O–H groups in total. The molecule has 1 saturated heterocycles. The molecule has 6 heteroatoms. The van der Waals surface area contributed by atoms with Gasteiger partial charge in [-0.2, -0.15) is 0 Å². The summed E-state index contributed by atoms with van der Waals surface area (Å²) in [6, 6.07) is 7.83. The van der Waals surface area contributed by atoms with E-state index in [1.807, 2.05) is 45.2 Å². The van der Waals surface area contributed by atoms with Crippen LogP contribution in [0.25, 0.3) is 0 Å². The minimum absolute atomic E-state index is 0.0251. The molecule has 0 saturated carbocycles. The Kier molecular flexibility index (Phi) is 7.91. The van der Waals surface area contributed by atoms with E-state index in [0.29, 0.717) is 26.3 Å². The monoisotopic (exact) mass is 362 g/mol. The smallest absolute Gasteiger partial charge is 0.309 e. The number of carbonyl (C=O) groups excluding carboxylic acids is 2. The Morgan fingerprint density at radius 3 is 2.35 bits per heavy atom. The molecule has 2 rings (SSSR count). The van der Waals surface area contributed by atoms with Gasteiger partial charge in [0.05, 0.1) is 25.7 Å². The normalized spacial score (nSPS) is 15.5. The third-order valence-corrected chi connectivity index (χ3v) is 4.65. The third-order valence-electron chi connectivity index (χ3n) is 4.65. The van der Waals surface area contributed by atoms with Crippen LogP contribution in [0.4, 0.5) is 0 Å². The van der Waals surface area contributed by atoms with Gasteiger partial charge in [0, 0.05) is 13.6 Å². The van der Waals surface area contributed by atoms with Crippen molar-refractivity contribution >= 4 is 11.9 Å². The summed E-state index contributed by atoms with van der Waals surface area (Å²) in [5.74, 6) is 0.803. The van der Waals surface area contributed by atoms with Gasteiger partial charge in [-0.15, -0.1) is 0 Å². The Morgan fingerprint density at radius 2 is 1.77 bits per heavy atom. The van der Waals surface area contributed by atoms with Crippen LogP contribution in [0.1, 0.15) is 32.3 Å². The topological polar surface area (TPSA) is 59.1 Å². The van der Waals surface area contributed by atoms with Crippen molar-refractivity contribution in [1.82, 2.24) is 9.80 Å². The second kappa shape index (κ2) is 10.2. The highest BCUT2D eigenvalue weighted by Crippen LogP contribution is 2.19. The number of rotatable bonds is 8. The molecule has 1 aliphatic rings. The maximum Gasteiger partial charge on any atom is 0.309 e. The lowest BCUT2D eigenvalue weighted by atomic mass is 9.97. The van der Waals surface area contributed by atoms with Gasteiger partial charge in [-0.25, -0.2) is 0 Å². The molecule has 1 heterocycles. The molecule has 0 aliphatic carbocycles. The zero-order chi connectivity index (χ0) is 18.9. The maximum atomic E-state index is 12.5. The average molecular weight is 362 g/mol. The standard InChI is InChI=1S/C20H30N2O4/c1-4-25-18-8-6-16(7-9-18)14-21(3)19(23)15-22-12-10-17(11-13-22)20(24)26-5-2/h6-9,17H,4-5,10-15H2,1-3H3. The first-order chi connectivity index (χ1) is 12.5. The summed E-state index contributed by atoms with van der Waals surface area (Å²) in [6.07, 6.45) is 1.52. The summed E-state index contributed by atoms with van der Waals surface area (Å²) in [6.45, 7) is 7.33. The van der Waals surface area contributed by atoms with Crippen molar-refractivity contribution in [3.8, 4) is 5.75 Å². The van der Waals surface area contributed by atoms with Gasteiger partial charge in [-0.05, 0) is 57.5 Å². The number of likely N-dealkylation sites (tertiary alicyclic amines) is 1. The molecule has 0 spiro atoms. The van der Waals surface area contributed by atoms with E-state index in [1.165, 1.54) is 0 Å². The first-order valence-electron chi connectivity index (χ1n) is 9.38. The number of carbonyl (C=O) groups is 2. The molecule has 0 bridgehead atoms. The highest BCUT2D eigenvalue weighted by atomic mass is 16.5. The van der Waals surface area contributed by atoms with Gasteiger partial charge in [0.2, 0.25) is 5.91 Å². The van der Waals surface area contributed by atoms with E-state index in [1.54, 1.807) is 4.90 Å². The molecular formula is C20H30N2O4. The van der Waals surface area contributed by atoms with Crippen LogP contribution in [0.2, 0.25) is 0 Å². The van der Waals surface area contributed by atoms with Gasteiger partial charge in [0.1, 0.15) is 5.75 Å². The van der Waals surface area contributed by atoms with Crippen molar-refractivity contribution in [2.24, 2.45) is 5.92 Å². The Hall–Kier alpha value is -2.08. The zero-order valence-corrected chi connectivity index (χ0v) is 16.1. The lowest BCUT2D eigenvalue weighted by Crippen LogP contribution is -2.43. The first-order valence-corrected chi connectivity index (χ1v) is 9.38. The molecule has 1 aromatic rings. The Morgan fingerprint density at radius 1 is 1.12 bits per heavy atom. The van der Waals surface area contributed by atoms with Crippen molar-refractivity contribution in [3.63, 3.8) is 0 Å². The van der Waals surface area contributed by atoms with Crippen molar-refractivity contribution in [2.75, 3.05) is 39.9 Å². The quantitative estimate of drug-likeness (QED) is 0.664. The number of hydrogen-bond acceptors (Lipinski definition) is 5. The number of amides is 1. The minimum Gasteiger partial charge on any atom is -0.494 e. The van der Waals surface area contributed by atoms with Crippen molar-refractivity contribution in [1.29, 1.82) is 0 Å². The van der Waals surface area contributed by atoms with Gasteiger partial charge < -0.3 is 14.4 Å². The van der Waals surface area contributed by atoms with Crippen LogP contribution in [0.5, 0.6) is 5.75 Å². The van der Waals surface area contributed by atoms with E-state index < -0.39 is 0 Å². The number of esters is 1. The number of benzene rings is 1. The third kappa shape index (κ3) is 6.02. The zero-order valence-electron chi connectivity index (χ0n) is 16.1. The number of likely N-dealkylation sites (N-methyl/N-ethyl adjacent to an activating group) is 1. The van der Waals surface area contributed by atoms with Crippen LogP contribution in [-0.2, 0) is 20.9 Å². The summed E-state index contributed by atoms with van der Waals surface area (Å²) in [4.78, 5) is 28.1. The molecule has 26 heavy (non-hydrogen) atoms. The van der Waals surface area contributed by atoms with E-state index in [0.717, 1.165) is 37.2 Å². The van der Waals surface area contributed by atoms with Crippen LogP contribution in [0.15, 0.2) is 24.3 Å². The largest absolute Gasteiger partial charge is 0.494 e. The van der Waals surface area contributed by atoms with Crippen LogP contribution in [-0.4, -0.2) is 61.6 Å². The van der Waals surface area contributed by atoms with Crippen LogP contribution in [0, 0.1) is 5.92 Å². The molecule has 1 aromatic carbocycles. The van der Waals surface area contributed by atoms with E-state index in [9.17, 15) is 9.59 Å². The number of nitrogens with zero attached hydrogens (tertiary/aromatic N) is 2. The minimum atomic E-state index is -0.105. The number of hydrogen-bond donors (Lipinski definition) is 0. The highest BCUT2D eigenvalue weighted by molar-refractivity contribution is 5.78. The fourth-order valence-corrected chi connectivity index (χ4v) is 3.12. The molecule has 6 nitrogen and oxygen atoms in total. The summed E-state index contributed by atoms with van der Waals surface area (Å²) in [7, 11) is 1.82. The molecule has 1 aliphatic heterocycles. The van der Waals surface area contributed by atoms with Gasteiger partial charge in [0.15, 0.2) is 0 Å².